The lowest BCUT2D eigenvalue weighted by molar-refractivity contribution is -0.146. The number of nitrogens with zero attached hydrogens (tertiary/aromatic N) is 2. The van der Waals surface area contributed by atoms with Gasteiger partial charge in [-0.3, -0.25) is 9.59 Å². The Hall–Kier alpha value is -1.93. The Bertz CT molecular complexity index is 690. The number of benzene rings is 1. The van der Waals surface area contributed by atoms with Gasteiger partial charge in [-0.15, -0.1) is 0 Å². The normalized spacial score (nSPS) is 19.0. The van der Waals surface area contributed by atoms with Crippen LogP contribution in [0, 0.1) is 5.92 Å². The lowest BCUT2D eigenvalue weighted by Gasteiger charge is -2.33. The molecular weight excluding hydrogens is 332 g/mol. The lowest BCUT2D eigenvalue weighted by atomic mass is 9.98. The number of piperidine rings is 1. The Kier molecular flexibility index (Phi) is 5.95. The molecule has 1 aromatic rings. The molecule has 0 radical (unpaired) electrons. The quantitative estimate of drug-likeness (QED) is 0.823. The van der Waals surface area contributed by atoms with E-state index in [4.69, 9.17) is 5.11 Å². The molecule has 1 N–H and O–H groups in total. The van der Waals surface area contributed by atoms with Gasteiger partial charge in [0, 0.05) is 19.6 Å². The van der Waals surface area contributed by atoms with E-state index in [2.05, 4.69) is 0 Å². The van der Waals surface area contributed by atoms with Gasteiger partial charge in [0.1, 0.15) is 6.54 Å². The number of carbonyl (C=O) groups is 2. The Morgan fingerprint density at radius 2 is 1.96 bits per heavy atom. The van der Waals surface area contributed by atoms with Crippen molar-refractivity contribution < 1.29 is 23.1 Å². The molecule has 1 aromatic carbocycles. The van der Waals surface area contributed by atoms with Crippen molar-refractivity contribution in [3.05, 3.63) is 30.3 Å². The summed E-state index contributed by atoms with van der Waals surface area (Å²) in [5.41, 5.74) is 0. The minimum Gasteiger partial charge on any atom is -0.480 e. The molecule has 2 rings (SSSR count). The summed E-state index contributed by atoms with van der Waals surface area (Å²) in [6, 6.07) is 8.12. The molecule has 132 valence electrons. The molecule has 1 fully saturated rings. The highest BCUT2D eigenvalue weighted by molar-refractivity contribution is 7.89. The third-order valence-electron chi connectivity index (χ3n) is 4.13. The third-order valence-corrected chi connectivity index (χ3v) is 6.01. The molecule has 8 heteroatoms. The average molecular weight is 354 g/mol. The van der Waals surface area contributed by atoms with Crippen molar-refractivity contribution in [3.63, 3.8) is 0 Å². The minimum atomic E-state index is -3.64. The predicted octanol–water partition coefficient (Wildman–Crippen LogP) is 1.02. The van der Waals surface area contributed by atoms with Gasteiger partial charge in [-0.25, -0.2) is 8.42 Å². The highest BCUT2D eigenvalue weighted by Crippen LogP contribution is 2.24. The zero-order valence-electron chi connectivity index (χ0n) is 13.6. The number of likely N-dealkylation sites (N-methyl/N-ethyl adjacent to an activating group) is 1. The average Bonchev–Trinajstić information content (AvgIpc) is 2.59. The number of rotatable bonds is 6. The van der Waals surface area contributed by atoms with Crippen LogP contribution < -0.4 is 0 Å². The molecule has 1 atom stereocenters. The van der Waals surface area contributed by atoms with Crippen LogP contribution in [0.3, 0.4) is 0 Å². The van der Waals surface area contributed by atoms with Crippen molar-refractivity contribution in [2.75, 3.05) is 26.2 Å². The molecule has 7 nitrogen and oxygen atoms in total. The Labute approximate surface area is 141 Å². The van der Waals surface area contributed by atoms with Crippen LogP contribution in [-0.2, 0) is 19.6 Å². The van der Waals surface area contributed by atoms with E-state index in [1.165, 1.54) is 21.3 Å². The maximum absolute atomic E-state index is 12.7. The van der Waals surface area contributed by atoms with Crippen molar-refractivity contribution >= 4 is 21.9 Å². The van der Waals surface area contributed by atoms with E-state index in [1.54, 1.807) is 25.1 Å². The van der Waals surface area contributed by atoms with Gasteiger partial charge in [0.05, 0.1) is 10.8 Å². The number of hydrogen-bond acceptors (Lipinski definition) is 4. The van der Waals surface area contributed by atoms with Gasteiger partial charge in [0.2, 0.25) is 15.9 Å². The molecule has 24 heavy (non-hydrogen) atoms. The van der Waals surface area contributed by atoms with E-state index >= 15 is 0 Å². The van der Waals surface area contributed by atoms with E-state index < -0.39 is 21.9 Å². The molecule has 0 bridgehead atoms. The zero-order chi connectivity index (χ0) is 17.7. The Morgan fingerprint density at radius 1 is 1.29 bits per heavy atom. The molecule has 0 spiro atoms. The molecule has 1 saturated heterocycles. The van der Waals surface area contributed by atoms with Crippen LogP contribution in [0.2, 0.25) is 0 Å². The topological polar surface area (TPSA) is 95.0 Å². The van der Waals surface area contributed by atoms with Gasteiger partial charge in [-0.05, 0) is 31.9 Å². The Balaban J connectivity index is 2.14. The van der Waals surface area contributed by atoms with Crippen molar-refractivity contribution in [1.29, 1.82) is 0 Å². The maximum atomic E-state index is 12.7. The second-order valence-corrected chi connectivity index (χ2v) is 7.70. The van der Waals surface area contributed by atoms with E-state index in [1.807, 2.05) is 0 Å². The summed E-state index contributed by atoms with van der Waals surface area (Å²) in [7, 11) is -3.64. The first kappa shape index (κ1) is 18.4. The summed E-state index contributed by atoms with van der Waals surface area (Å²) in [6.07, 6.45) is 1.14. The second-order valence-electron chi connectivity index (χ2n) is 5.76. The number of amides is 1. The first-order valence-electron chi connectivity index (χ1n) is 7.92. The summed E-state index contributed by atoms with van der Waals surface area (Å²) in [5.74, 6) is -1.88. The van der Waals surface area contributed by atoms with Crippen molar-refractivity contribution in [1.82, 2.24) is 9.21 Å². The monoisotopic (exact) mass is 354 g/mol. The summed E-state index contributed by atoms with van der Waals surface area (Å²) >= 11 is 0. The van der Waals surface area contributed by atoms with Crippen molar-refractivity contribution in [3.8, 4) is 0 Å². The van der Waals surface area contributed by atoms with Crippen LogP contribution in [0.1, 0.15) is 19.8 Å². The molecule has 1 amide bonds. The fourth-order valence-electron chi connectivity index (χ4n) is 2.87. The minimum absolute atomic E-state index is 0.0895. The van der Waals surface area contributed by atoms with Gasteiger partial charge in [-0.1, -0.05) is 18.2 Å². The van der Waals surface area contributed by atoms with Gasteiger partial charge in [0.25, 0.3) is 0 Å². The van der Waals surface area contributed by atoms with E-state index in [0.29, 0.717) is 19.4 Å². The summed E-state index contributed by atoms with van der Waals surface area (Å²) in [5, 5.41) is 8.89. The lowest BCUT2D eigenvalue weighted by Crippen LogP contribution is -2.47. The highest BCUT2D eigenvalue weighted by Gasteiger charge is 2.35. The highest BCUT2D eigenvalue weighted by atomic mass is 32.2. The molecular formula is C16H22N2O5S. The molecule has 1 aliphatic rings. The molecule has 0 aromatic heterocycles. The number of sulfonamides is 1. The number of hydrogen-bond donors (Lipinski definition) is 1. The first-order chi connectivity index (χ1) is 11.4. The van der Waals surface area contributed by atoms with Gasteiger partial charge in [0.15, 0.2) is 0 Å². The zero-order valence-corrected chi connectivity index (χ0v) is 14.4. The SMILES string of the molecule is CCN(CC(=O)O)C(=O)C1CCCN(S(=O)(=O)c2ccccc2)C1. The van der Waals surface area contributed by atoms with E-state index in [-0.39, 0.29) is 30.4 Å². The number of carboxylic acids is 1. The molecule has 1 unspecified atom stereocenters. The molecule has 1 aliphatic heterocycles. The summed E-state index contributed by atoms with van der Waals surface area (Å²) in [6.45, 7) is 2.09. The molecule has 0 aliphatic carbocycles. The fraction of sp³-hybridized carbons (Fsp3) is 0.500. The molecule has 0 saturated carbocycles. The number of aliphatic carboxylic acids is 1. The van der Waals surface area contributed by atoms with Crippen LogP contribution in [0.4, 0.5) is 0 Å². The van der Waals surface area contributed by atoms with Gasteiger partial charge in [-0.2, -0.15) is 4.31 Å². The standard InChI is InChI=1S/C16H22N2O5S/c1-2-17(12-15(19)20)16(21)13-7-6-10-18(11-13)24(22,23)14-8-4-3-5-9-14/h3-5,8-9,13H,2,6-7,10-12H2,1H3,(H,19,20). The van der Waals surface area contributed by atoms with E-state index in [0.717, 1.165) is 0 Å². The van der Waals surface area contributed by atoms with Gasteiger partial charge < -0.3 is 10.0 Å². The van der Waals surface area contributed by atoms with Crippen LogP contribution in [0.25, 0.3) is 0 Å². The number of carbonyl (C=O) groups excluding carboxylic acids is 1. The van der Waals surface area contributed by atoms with Crippen LogP contribution in [-0.4, -0.2) is 60.8 Å². The maximum Gasteiger partial charge on any atom is 0.323 e. The smallest absolute Gasteiger partial charge is 0.323 e. The largest absolute Gasteiger partial charge is 0.480 e. The van der Waals surface area contributed by atoms with E-state index in [9.17, 15) is 18.0 Å². The second kappa shape index (κ2) is 7.76. The Morgan fingerprint density at radius 3 is 2.54 bits per heavy atom. The first-order valence-corrected chi connectivity index (χ1v) is 9.36. The van der Waals surface area contributed by atoms with Crippen molar-refractivity contribution in [2.24, 2.45) is 5.92 Å². The number of carboxylic acid groups (broad SMARTS) is 1. The predicted molar refractivity (Wildman–Crippen MR) is 87.8 cm³/mol. The van der Waals surface area contributed by atoms with Crippen LogP contribution in [0.15, 0.2) is 35.2 Å². The fourth-order valence-corrected chi connectivity index (χ4v) is 4.42. The van der Waals surface area contributed by atoms with Gasteiger partial charge >= 0.3 is 5.97 Å². The third kappa shape index (κ3) is 4.12. The summed E-state index contributed by atoms with van der Waals surface area (Å²) in [4.78, 5) is 24.8. The molecule has 1 heterocycles. The summed E-state index contributed by atoms with van der Waals surface area (Å²) < 4.78 is 26.7. The van der Waals surface area contributed by atoms with Crippen LogP contribution in [0.5, 0.6) is 0 Å². The van der Waals surface area contributed by atoms with Crippen molar-refractivity contribution in [2.45, 2.75) is 24.7 Å². The van der Waals surface area contributed by atoms with Crippen LogP contribution >= 0.6 is 0 Å².